The monoisotopic (exact) mass is 444 g/mol. The normalized spacial score (nSPS) is 20.8. The molecule has 2 heteroatoms. The number of ether oxygens (including phenoxy) is 1. The maximum Gasteiger partial charge on any atom is 0.127 e. The molecule has 1 aromatic rings. The molecule has 4 atom stereocenters. The molecule has 0 aliphatic carbocycles. The van der Waals surface area contributed by atoms with Gasteiger partial charge in [0, 0.05) is 12.0 Å². The number of fused-ring (bicyclic) bond motifs is 1. The Labute approximate surface area is 199 Å². The van der Waals surface area contributed by atoms with Crippen LogP contribution >= 0.6 is 0 Å². The summed E-state index contributed by atoms with van der Waals surface area (Å²) in [6, 6.07) is 0. The van der Waals surface area contributed by atoms with Crippen LogP contribution in [0.4, 0.5) is 0 Å². The minimum absolute atomic E-state index is 0.160. The summed E-state index contributed by atoms with van der Waals surface area (Å²) in [4.78, 5) is 0. The molecule has 0 aromatic heterocycles. The third-order valence-electron chi connectivity index (χ3n) is 8.45. The van der Waals surface area contributed by atoms with Crippen molar-refractivity contribution in [1.82, 2.24) is 0 Å². The quantitative estimate of drug-likeness (QED) is 0.329. The Morgan fingerprint density at radius 3 is 1.78 bits per heavy atom. The van der Waals surface area contributed by atoms with Crippen LogP contribution in [0.15, 0.2) is 0 Å². The molecule has 1 aliphatic heterocycles. The summed E-state index contributed by atoms with van der Waals surface area (Å²) >= 11 is 0. The fourth-order valence-electron chi connectivity index (χ4n) is 5.47. The third kappa shape index (κ3) is 6.91. The molecule has 0 fully saturated rings. The molecule has 1 N–H and O–H groups in total. The van der Waals surface area contributed by atoms with Crippen molar-refractivity contribution in [2.24, 2.45) is 23.7 Å². The van der Waals surface area contributed by atoms with E-state index in [-0.39, 0.29) is 5.60 Å². The Balaban J connectivity index is 1.73. The van der Waals surface area contributed by atoms with Gasteiger partial charge in [0.25, 0.3) is 0 Å². The molecular weight excluding hydrogens is 392 g/mol. The van der Waals surface area contributed by atoms with E-state index in [0.29, 0.717) is 11.7 Å². The average molecular weight is 445 g/mol. The Hall–Kier alpha value is -1.18. The molecule has 184 valence electrons. The van der Waals surface area contributed by atoms with E-state index in [1.54, 1.807) is 0 Å². The molecule has 1 heterocycles. The van der Waals surface area contributed by atoms with Gasteiger partial charge in [0.2, 0.25) is 0 Å². The first-order chi connectivity index (χ1) is 15.0. The van der Waals surface area contributed by atoms with Crippen LogP contribution in [-0.4, -0.2) is 10.7 Å². The van der Waals surface area contributed by atoms with E-state index in [4.69, 9.17) is 4.74 Å². The van der Waals surface area contributed by atoms with Crippen LogP contribution in [0, 0.1) is 44.4 Å². The topological polar surface area (TPSA) is 29.5 Å². The van der Waals surface area contributed by atoms with Crippen molar-refractivity contribution in [3.8, 4) is 11.5 Å². The zero-order valence-corrected chi connectivity index (χ0v) is 22.7. The highest BCUT2D eigenvalue weighted by Gasteiger charge is 2.41. The molecule has 0 amide bonds. The van der Waals surface area contributed by atoms with Crippen molar-refractivity contribution in [2.45, 2.75) is 132 Å². The van der Waals surface area contributed by atoms with Gasteiger partial charge >= 0.3 is 0 Å². The summed E-state index contributed by atoms with van der Waals surface area (Å²) in [5, 5.41) is 10.5. The smallest absolute Gasteiger partial charge is 0.127 e. The highest BCUT2D eigenvalue weighted by atomic mass is 16.5. The van der Waals surface area contributed by atoms with E-state index in [2.05, 4.69) is 48.5 Å². The minimum atomic E-state index is -0.160. The van der Waals surface area contributed by atoms with E-state index in [1.165, 1.54) is 63.4 Å². The van der Waals surface area contributed by atoms with Crippen LogP contribution in [0.25, 0.3) is 0 Å². The maximum atomic E-state index is 10.5. The van der Waals surface area contributed by atoms with Crippen LogP contribution < -0.4 is 4.74 Å². The first-order valence-electron chi connectivity index (χ1n) is 13.5. The molecule has 0 spiro atoms. The Kier molecular flexibility index (Phi) is 9.98. The highest BCUT2D eigenvalue weighted by molar-refractivity contribution is 5.59. The van der Waals surface area contributed by atoms with Gasteiger partial charge in [-0.15, -0.1) is 0 Å². The van der Waals surface area contributed by atoms with Gasteiger partial charge in [-0.3, -0.25) is 0 Å². The zero-order chi connectivity index (χ0) is 24.1. The van der Waals surface area contributed by atoms with Gasteiger partial charge in [-0.2, -0.15) is 0 Å². The van der Waals surface area contributed by atoms with Gasteiger partial charge in [-0.1, -0.05) is 86.0 Å². The molecule has 2 rings (SSSR count). The van der Waals surface area contributed by atoms with Crippen molar-refractivity contribution >= 4 is 0 Å². The number of hydrogen-bond donors (Lipinski definition) is 1. The second kappa shape index (κ2) is 11.8. The lowest BCUT2D eigenvalue weighted by atomic mass is 9.81. The van der Waals surface area contributed by atoms with E-state index in [1.807, 2.05) is 13.8 Å². The molecular formula is C30H52O2. The average Bonchev–Trinajstić information content (AvgIpc) is 3.09. The second-order valence-corrected chi connectivity index (χ2v) is 11.9. The summed E-state index contributed by atoms with van der Waals surface area (Å²) in [5.41, 5.74) is 4.13. The van der Waals surface area contributed by atoms with Gasteiger partial charge in [-0.05, 0) is 74.5 Å². The van der Waals surface area contributed by atoms with Crippen molar-refractivity contribution in [3.63, 3.8) is 0 Å². The summed E-state index contributed by atoms with van der Waals surface area (Å²) in [7, 11) is 0. The molecule has 2 nitrogen and oxygen atoms in total. The van der Waals surface area contributed by atoms with Gasteiger partial charge in [0.15, 0.2) is 0 Å². The van der Waals surface area contributed by atoms with E-state index < -0.39 is 0 Å². The number of phenolic OH excluding ortho intramolecular Hbond substituents is 1. The Morgan fingerprint density at radius 2 is 1.25 bits per heavy atom. The van der Waals surface area contributed by atoms with E-state index in [9.17, 15) is 5.11 Å². The molecule has 4 unspecified atom stereocenters. The number of aromatic hydroxyl groups is 1. The van der Waals surface area contributed by atoms with Gasteiger partial charge in [-0.25, -0.2) is 0 Å². The van der Waals surface area contributed by atoms with Crippen LogP contribution in [0.1, 0.15) is 122 Å². The lowest BCUT2D eigenvalue weighted by Gasteiger charge is -2.31. The minimum Gasteiger partial charge on any atom is -0.507 e. The largest absolute Gasteiger partial charge is 0.507 e. The molecule has 1 aliphatic rings. The first kappa shape index (κ1) is 27.1. The lowest BCUT2D eigenvalue weighted by molar-refractivity contribution is 0.0496. The third-order valence-corrected chi connectivity index (χ3v) is 8.45. The predicted octanol–water partition coefficient (Wildman–Crippen LogP) is 9.09. The van der Waals surface area contributed by atoms with E-state index in [0.717, 1.165) is 46.6 Å². The fraction of sp³-hybridized carbons (Fsp3) is 0.800. The first-order valence-corrected chi connectivity index (χ1v) is 13.5. The molecule has 1 aromatic carbocycles. The molecule has 0 saturated heterocycles. The van der Waals surface area contributed by atoms with Gasteiger partial charge in [0.05, 0.1) is 0 Å². The predicted molar refractivity (Wildman–Crippen MR) is 139 cm³/mol. The van der Waals surface area contributed by atoms with Crippen LogP contribution in [0.3, 0.4) is 0 Å². The van der Waals surface area contributed by atoms with Crippen molar-refractivity contribution in [3.05, 3.63) is 22.3 Å². The lowest BCUT2D eigenvalue weighted by Crippen LogP contribution is -2.38. The summed E-state index contributed by atoms with van der Waals surface area (Å²) in [5.74, 6) is 4.54. The summed E-state index contributed by atoms with van der Waals surface area (Å²) in [6.45, 7) is 20.3. The number of benzene rings is 1. The van der Waals surface area contributed by atoms with Crippen LogP contribution in [-0.2, 0) is 6.42 Å². The molecule has 0 saturated carbocycles. The second-order valence-electron chi connectivity index (χ2n) is 11.9. The number of rotatable bonds is 13. The molecule has 0 radical (unpaired) electrons. The number of hydrogen-bond acceptors (Lipinski definition) is 2. The van der Waals surface area contributed by atoms with Crippen molar-refractivity contribution < 1.29 is 9.84 Å². The highest BCUT2D eigenvalue weighted by Crippen LogP contribution is 2.47. The standard InChI is InChI=1S/C30H52O2/c1-20(2)13-10-14-21(3)15-11-16-22(4)17-12-18-23(5)30(9)19-27-26(8)28(31)24(6)25(7)29(27)32-30/h20-23,31H,10-19H2,1-9H3. The fourth-order valence-corrected chi connectivity index (χ4v) is 5.47. The van der Waals surface area contributed by atoms with Crippen molar-refractivity contribution in [2.75, 3.05) is 0 Å². The summed E-state index contributed by atoms with van der Waals surface area (Å²) < 4.78 is 6.59. The summed E-state index contributed by atoms with van der Waals surface area (Å²) in [6.07, 6.45) is 13.1. The Morgan fingerprint density at radius 1 is 0.750 bits per heavy atom. The van der Waals surface area contributed by atoms with Crippen molar-refractivity contribution in [1.29, 1.82) is 0 Å². The van der Waals surface area contributed by atoms with Gasteiger partial charge in [0.1, 0.15) is 17.1 Å². The van der Waals surface area contributed by atoms with Crippen LogP contribution in [0.5, 0.6) is 11.5 Å². The Bertz CT molecular complexity index is 696. The van der Waals surface area contributed by atoms with Crippen LogP contribution in [0.2, 0.25) is 0 Å². The van der Waals surface area contributed by atoms with Gasteiger partial charge < -0.3 is 9.84 Å². The number of phenols is 1. The van der Waals surface area contributed by atoms with E-state index >= 15 is 0 Å². The molecule has 0 bridgehead atoms. The molecule has 32 heavy (non-hydrogen) atoms. The SMILES string of the molecule is Cc1c(C)c2c(c(C)c1O)CC(C)(C(C)CCCC(C)CCCC(C)CCCC(C)C)O2. The zero-order valence-electron chi connectivity index (χ0n) is 22.7. The maximum absolute atomic E-state index is 10.5.